The lowest BCUT2D eigenvalue weighted by atomic mass is 10.1. The van der Waals surface area contributed by atoms with Crippen LogP contribution in [0.4, 0.5) is 10.2 Å². The smallest absolute Gasteiger partial charge is 0.128 e. The Bertz CT molecular complexity index is 682. The van der Waals surface area contributed by atoms with Gasteiger partial charge >= 0.3 is 0 Å². The summed E-state index contributed by atoms with van der Waals surface area (Å²) in [4.78, 5) is 9.12. The molecule has 2 aromatic rings. The Morgan fingerprint density at radius 1 is 1.08 bits per heavy atom. The average molecular weight is 342 g/mol. The van der Waals surface area contributed by atoms with Gasteiger partial charge in [-0.15, -0.1) is 0 Å². The monoisotopic (exact) mass is 342 g/mol. The normalized spacial score (nSPS) is 16.2. The van der Waals surface area contributed by atoms with Gasteiger partial charge in [-0.1, -0.05) is 23.4 Å². The Kier molecular flexibility index (Phi) is 5.95. The second kappa shape index (κ2) is 8.58. The minimum atomic E-state index is -0.285. The maximum absolute atomic E-state index is 13.0. The lowest BCUT2D eigenvalue weighted by Crippen LogP contribution is -2.46. The molecule has 6 heteroatoms. The maximum atomic E-state index is 13.0. The number of benzene rings is 1. The molecule has 0 spiro atoms. The van der Waals surface area contributed by atoms with Crippen molar-refractivity contribution in [3.63, 3.8) is 0 Å². The fraction of sp³-hybridized carbons (Fsp3) is 0.368. The summed E-state index contributed by atoms with van der Waals surface area (Å²) in [5, 5.41) is 12.6. The summed E-state index contributed by atoms with van der Waals surface area (Å²) in [6.45, 7) is 4.89. The number of hydrogen-bond acceptors (Lipinski definition) is 5. The predicted molar refractivity (Wildman–Crippen MR) is 96.8 cm³/mol. The summed E-state index contributed by atoms with van der Waals surface area (Å²) < 4.78 is 13.0. The van der Waals surface area contributed by atoms with Crippen LogP contribution < -0.4 is 4.90 Å². The highest BCUT2D eigenvalue weighted by Crippen LogP contribution is 2.14. The van der Waals surface area contributed by atoms with Crippen LogP contribution in [0.3, 0.4) is 0 Å². The molecule has 1 aliphatic heterocycles. The summed E-state index contributed by atoms with van der Waals surface area (Å²) in [5.41, 5.74) is 1.37. The molecule has 0 amide bonds. The van der Waals surface area contributed by atoms with E-state index in [4.69, 9.17) is 0 Å². The van der Waals surface area contributed by atoms with Crippen LogP contribution in [0.1, 0.15) is 18.4 Å². The van der Waals surface area contributed by atoms with E-state index in [0.717, 1.165) is 50.5 Å². The van der Waals surface area contributed by atoms with Gasteiger partial charge in [0.15, 0.2) is 0 Å². The van der Waals surface area contributed by atoms with Gasteiger partial charge in [-0.3, -0.25) is 4.90 Å². The molecule has 0 bridgehead atoms. The topological polar surface area (TPSA) is 52.0 Å². The van der Waals surface area contributed by atoms with Gasteiger partial charge in [0.25, 0.3) is 0 Å². The largest absolute Gasteiger partial charge is 0.411 e. The molecule has 132 valence electrons. The lowest BCUT2D eigenvalue weighted by molar-refractivity contribution is 0.255. The second-order valence-corrected chi connectivity index (χ2v) is 6.17. The van der Waals surface area contributed by atoms with Gasteiger partial charge in [0.05, 0.1) is 5.71 Å². The molecule has 0 saturated carbocycles. The van der Waals surface area contributed by atoms with Crippen LogP contribution in [-0.4, -0.2) is 53.5 Å². The highest BCUT2D eigenvalue weighted by atomic mass is 19.1. The van der Waals surface area contributed by atoms with Crippen molar-refractivity contribution in [2.45, 2.75) is 12.8 Å². The average Bonchev–Trinajstić information content (AvgIpc) is 2.67. The number of anilines is 1. The van der Waals surface area contributed by atoms with E-state index in [-0.39, 0.29) is 5.82 Å². The minimum Gasteiger partial charge on any atom is -0.411 e. The number of aromatic nitrogens is 1. The molecule has 25 heavy (non-hydrogen) atoms. The third-order valence-electron chi connectivity index (χ3n) is 4.53. The quantitative estimate of drug-likeness (QED) is 0.498. The molecule has 5 nitrogen and oxygen atoms in total. The SMILES string of the molecule is ON=C(CCCN1CCN(c2ccccn2)CC1)c1ccc(F)cc1. The van der Waals surface area contributed by atoms with Crippen LogP contribution in [0, 0.1) is 5.82 Å². The molecule has 0 unspecified atom stereocenters. The van der Waals surface area contributed by atoms with Crippen LogP contribution in [0.15, 0.2) is 53.8 Å². The maximum Gasteiger partial charge on any atom is 0.128 e. The molecule has 1 aliphatic rings. The minimum absolute atomic E-state index is 0.285. The zero-order valence-electron chi connectivity index (χ0n) is 14.2. The lowest BCUT2D eigenvalue weighted by Gasteiger charge is -2.35. The number of pyridine rings is 1. The van der Waals surface area contributed by atoms with Crippen LogP contribution in [0.2, 0.25) is 0 Å². The molecular weight excluding hydrogens is 319 g/mol. The number of hydrogen-bond donors (Lipinski definition) is 1. The van der Waals surface area contributed by atoms with E-state index in [1.54, 1.807) is 12.1 Å². The highest BCUT2D eigenvalue weighted by molar-refractivity contribution is 6.00. The fourth-order valence-corrected chi connectivity index (χ4v) is 3.11. The van der Waals surface area contributed by atoms with Gasteiger partial charge in [0.1, 0.15) is 11.6 Å². The van der Waals surface area contributed by atoms with Crippen LogP contribution >= 0.6 is 0 Å². The molecule has 0 radical (unpaired) electrons. The van der Waals surface area contributed by atoms with Gasteiger partial charge in [-0.2, -0.15) is 0 Å². The highest BCUT2D eigenvalue weighted by Gasteiger charge is 2.17. The van der Waals surface area contributed by atoms with Gasteiger partial charge in [-0.25, -0.2) is 9.37 Å². The zero-order chi connectivity index (χ0) is 17.5. The van der Waals surface area contributed by atoms with Gasteiger partial charge < -0.3 is 10.1 Å². The first-order chi connectivity index (χ1) is 12.3. The number of piperazine rings is 1. The first kappa shape index (κ1) is 17.4. The Hall–Kier alpha value is -2.47. The van der Waals surface area contributed by atoms with Crippen molar-refractivity contribution in [2.75, 3.05) is 37.6 Å². The molecule has 3 rings (SSSR count). The van der Waals surface area contributed by atoms with E-state index in [1.165, 1.54) is 12.1 Å². The third kappa shape index (κ3) is 4.76. The van der Waals surface area contributed by atoms with E-state index >= 15 is 0 Å². The van der Waals surface area contributed by atoms with E-state index < -0.39 is 0 Å². The van der Waals surface area contributed by atoms with Crippen LogP contribution in [0.5, 0.6) is 0 Å². The van der Waals surface area contributed by atoms with Gasteiger partial charge in [0, 0.05) is 32.4 Å². The molecule has 1 aromatic heterocycles. The molecular formula is C19H23FN4O. The number of oxime groups is 1. The molecule has 1 aromatic carbocycles. The number of halogens is 1. The molecule has 1 fully saturated rings. The van der Waals surface area contributed by atoms with Crippen molar-refractivity contribution in [3.8, 4) is 0 Å². The molecule has 1 saturated heterocycles. The fourth-order valence-electron chi connectivity index (χ4n) is 3.11. The number of rotatable bonds is 6. The standard InChI is InChI=1S/C19H23FN4O/c20-17-8-6-16(7-9-17)18(22-25)4-3-11-23-12-14-24(15-13-23)19-5-1-2-10-21-19/h1-2,5-10,25H,3-4,11-15H2. The Balaban J connectivity index is 1.43. The van der Waals surface area contributed by atoms with Gasteiger partial charge in [-0.05, 0) is 49.2 Å². The van der Waals surface area contributed by atoms with Crippen molar-refractivity contribution in [1.29, 1.82) is 0 Å². The Labute approximate surface area is 147 Å². The summed E-state index contributed by atoms with van der Waals surface area (Å²) in [7, 11) is 0. The van der Waals surface area contributed by atoms with E-state index in [1.807, 2.05) is 24.4 Å². The van der Waals surface area contributed by atoms with Crippen LogP contribution in [-0.2, 0) is 0 Å². The Morgan fingerprint density at radius 2 is 1.84 bits per heavy atom. The predicted octanol–water partition coefficient (Wildman–Crippen LogP) is 3.00. The van der Waals surface area contributed by atoms with Crippen molar-refractivity contribution in [1.82, 2.24) is 9.88 Å². The Morgan fingerprint density at radius 3 is 2.48 bits per heavy atom. The first-order valence-corrected chi connectivity index (χ1v) is 8.61. The molecule has 2 heterocycles. The molecule has 1 N–H and O–H groups in total. The van der Waals surface area contributed by atoms with Crippen molar-refractivity contribution < 1.29 is 9.60 Å². The van der Waals surface area contributed by atoms with Gasteiger partial charge in [0.2, 0.25) is 0 Å². The first-order valence-electron chi connectivity index (χ1n) is 8.61. The van der Waals surface area contributed by atoms with E-state index in [9.17, 15) is 9.60 Å². The van der Waals surface area contributed by atoms with Crippen molar-refractivity contribution in [3.05, 3.63) is 60.0 Å². The van der Waals surface area contributed by atoms with Crippen molar-refractivity contribution in [2.24, 2.45) is 5.16 Å². The molecule has 0 atom stereocenters. The third-order valence-corrected chi connectivity index (χ3v) is 4.53. The molecule has 0 aliphatic carbocycles. The zero-order valence-corrected chi connectivity index (χ0v) is 14.2. The van der Waals surface area contributed by atoms with E-state index in [2.05, 4.69) is 19.9 Å². The summed E-state index contributed by atoms with van der Waals surface area (Å²) in [6.07, 6.45) is 3.40. The number of nitrogens with zero attached hydrogens (tertiary/aromatic N) is 4. The summed E-state index contributed by atoms with van der Waals surface area (Å²) >= 11 is 0. The van der Waals surface area contributed by atoms with E-state index in [0.29, 0.717) is 12.1 Å². The van der Waals surface area contributed by atoms with Crippen LogP contribution in [0.25, 0.3) is 0 Å². The summed E-state index contributed by atoms with van der Waals surface area (Å²) in [5.74, 6) is 0.750. The summed E-state index contributed by atoms with van der Waals surface area (Å²) in [6, 6.07) is 12.1. The van der Waals surface area contributed by atoms with Crippen molar-refractivity contribution >= 4 is 11.5 Å². The second-order valence-electron chi connectivity index (χ2n) is 6.17.